The predicted molar refractivity (Wildman–Crippen MR) is 284 cm³/mol. The van der Waals surface area contributed by atoms with Gasteiger partial charge in [0.05, 0.1) is 60.6 Å². The van der Waals surface area contributed by atoms with E-state index >= 15 is 4.39 Å². The van der Waals surface area contributed by atoms with Crippen LogP contribution in [0.4, 0.5) is 9.18 Å². The standard InChI is InChI=1S/C51H58FN10O17PS/c1-5-51(73)31-16-36-44-29(21-61(36)46(69)30(31)22-77-48(51)71)43-33(12-11-28-26(2)32(52)17-34(59-44)42(28)43)60-47(70)50(3,4)78-24-57-38(64)18-55-45(68)35(15-27-9-7-6-8-10-27)58-39(65)20-54-37(63)19-56-49(72)81(25-53-23-79-80(74,75)76)62-40(66)13-14-41(62)67/h6-10,13-14,16-17,33,35,53,73,81H,5,11-12,15,18-25H2,1-4H3,(H,54,63)(H,55,68)(H,56,72)(H,57,64)(H,58,65)(H,60,70)(H2,74,75,76)/t33-,35-,51-/m0/s1. The maximum absolute atomic E-state index is 15.5. The van der Waals surface area contributed by atoms with E-state index in [1.54, 1.807) is 50.2 Å². The fourth-order valence-electron chi connectivity index (χ4n) is 9.68. The van der Waals surface area contributed by atoms with Crippen molar-refractivity contribution in [3.63, 3.8) is 0 Å². The number of rotatable bonds is 22. The van der Waals surface area contributed by atoms with Crippen molar-refractivity contribution in [2.75, 3.05) is 39.0 Å². The van der Waals surface area contributed by atoms with Crippen LogP contribution < -0.4 is 42.8 Å². The first kappa shape index (κ1) is 59.4. The number of pyridine rings is 2. The molecule has 2 aromatic carbocycles. The Morgan fingerprint density at radius 3 is 2.30 bits per heavy atom. The highest BCUT2D eigenvalue weighted by atomic mass is 32.2. The largest absolute Gasteiger partial charge is 0.470 e. The molecule has 1 aliphatic carbocycles. The third kappa shape index (κ3) is 12.9. The van der Waals surface area contributed by atoms with E-state index in [9.17, 15) is 57.6 Å². The van der Waals surface area contributed by atoms with Crippen LogP contribution in [-0.2, 0) is 88.5 Å². The maximum atomic E-state index is 15.5. The van der Waals surface area contributed by atoms with Crippen molar-refractivity contribution in [2.24, 2.45) is 0 Å². The summed E-state index contributed by atoms with van der Waals surface area (Å²) in [4.78, 5) is 154. The lowest BCUT2D eigenvalue weighted by atomic mass is 9.81. The van der Waals surface area contributed by atoms with Crippen molar-refractivity contribution in [1.82, 2.24) is 51.1 Å². The molecule has 27 nitrogen and oxygen atoms in total. The molecular weight excluding hydrogens is 1110 g/mol. The van der Waals surface area contributed by atoms with E-state index in [0.717, 1.165) is 12.2 Å². The molecule has 4 atom stereocenters. The molecule has 1 unspecified atom stereocenters. The molecule has 30 heteroatoms. The van der Waals surface area contributed by atoms with E-state index in [4.69, 9.17) is 24.2 Å². The maximum Gasteiger partial charge on any atom is 0.470 e. The Hall–Kier alpha value is -7.76. The molecule has 81 heavy (non-hydrogen) atoms. The number of imide groups is 1. The van der Waals surface area contributed by atoms with Crippen LogP contribution >= 0.6 is 18.9 Å². The van der Waals surface area contributed by atoms with E-state index < -0.39 is 145 Å². The number of fused-ring (bicyclic) bond motifs is 5. The molecule has 0 saturated carbocycles. The van der Waals surface area contributed by atoms with Crippen LogP contribution in [0.3, 0.4) is 0 Å². The molecule has 0 spiro atoms. The van der Waals surface area contributed by atoms with E-state index in [0.29, 0.717) is 61.7 Å². The van der Waals surface area contributed by atoms with Gasteiger partial charge in [-0.2, -0.15) is 0 Å². The van der Waals surface area contributed by atoms with E-state index in [1.165, 1.54) is 24.5 Å². The number of benzene rings is 2. The van der Waals surface area contributed by atoms with Gasteiger partial charge >= 0.3 is 13.8 Å². The highest BCUT2D eigenvalue weighted by molar-refractivity contribution is 8.28. The number of cyclic esters (lactones) is 1. The highest BCUT2D eigenvalue weighted by Gasteiger charge is 2.46. The minimum atomic E-state index is -4.90. The smallest absolute Gasteiger partial charge is 0.458 e. The van der Waals surface area contributed by atoms with Crippen LogP contribution in [0.5, 0.6) is 0 Å². The number of nitrogens with zero attached hydrogens (tertiary/aromatic N) is 3. The molecule has 0 radical (unpaired) electrons. The quantitative estimate of drug-likeness (QED) is 0.0105. The number of nitrogens with one attached hydrogen (secondary N) is 7. The molecule has 0 fully saturated rings. The summed E-state index contributed by atoms with van der Waals surface area (Å²) in [6.45, 7) is 2.57. The van der Waals surface area contributed by atoms with E-state index in [-0.39, 0.29) is 42.6 Å². The number of ether oxygens (including phenoxy) is 2. The normalized spacial score (nSPS) is 18.0. The minimum absolute atomic E-state index is 0.0171. The number of halogens is 1. The Balaban J connectivity index is 0.855. The topological polar surface area (TPSA) is 381 Å². The summed E-state index contributed by atoms with van der Waals surface area (Å²) in [5.74, 6) is -7.40. The molecule has 4 aliphatic rings. The van der Waals surface area contributed by atoms with Crippen molar-refractivity contribution in [3.8, 4) is 11.4 Å². The molecule has 0 saturated heterocycles. The summed E-state index contributed by atoms with van der Waals surface area (Å²) < 4.78 is 43.9. The molecule has 432 valence electrons. The van der Waals surface area contributed by atoms with Crippen LogP contribution in [0, 0.1) is 12.7 Å². The Morgan fingerprint density at radius 1 is 0.926 bits per heavy atom. The number of aliphatic hydroxyl groups is 1. The third-order valence-electron chi connectivity index (χ3n) is 14.0. The molecule has 8 rings (SSSR count). The Morgan fingerprint density at radius 2 is 1.60 bits per heavy atom. The summed E-state index contributed by atoms with van der Waals surface area (Å²) in [5.41, 5.74) is -0.111. The van der Waals surface area contributed by atoms with Gasteiger partial charge in [-0.15, -0.1) is 0 Å². The second-order valence-electron chi connectivity index (χ2n) is 19.6. The average molecular weight is 1170 g/mol. The van der Waals surface area contributed by atoms with E-state index in [1.807, 2.05) is 0 Å². The van der Waals surface area contributed by atoms with Gasteiger partial charge in [0.25, 0.3) is 28.5 Å². The molecule has 2 aromatic heterocycles. The summed E-state index contributed by atoms with van der Waals surface area (Å²) in [5, 5.41) is 28.5. The highest BCUT2D eigenvalue weighted by Crippen LogP contribution is 2.46. The molecule has 8 amide bonds. The minimum Gasteiger partial charge on any atom is -0.458 e. The van der Waals surface area contributed by atoms with Crippen LogP contribution in [0.2, 0.25) is 0 Å². The van der Waals surface area contributed by atoms with Gasteiger partial charge in [-0.3, -0.25) is 53.0 Å². The van der Waals surface area contributed by atoms with Gasteiger partial charge in [-0.05, 0) is 68.4 Å². The van der Waals surface area contributed by atoms with Crippen molar-refractivity contribution in [3.05, 3.63) is 110 Å². The van der Waals surface area contributed by atoms with Gasteiger partial charge in [-0.25, -0.2) is 23.0 Å². The number of aromatic nitrogens is 2. The predicted octanol–water partition coefficient (Wildman–Crippen LogP) is -0.376. The fraction of sp³-hybridized carbons (Fsp3) is 0.392. The van der Waals surface area contributed by atoms with Gasteiger partial charge in [0.1, 0.15) is 37.5 Å². The molecule has 5 heterocycles. The molecule has 10 N–H and O–H groups in total. The lowest BCUT2D eigenvalue weighted by Crippen LogP contribution is -2.52. The average Bonchev–Trinajstić information content (AvgIpc) is 4.23. The lowest BCUT2D eigenvalue weighted by molar-refractivity contribution is -0.172. The van der Waals surface area contributed by atoms with E-state index in [2.05, 4.69) is 41.7 Å². The monoisotopic (exact) mass is 1160 g/mol. The summed E-state index contributed by atoms with van der Waals surface area (Å²) >= 11 is -2.40. The van der Waals surface area contributed by atoms with Crippen LogP contribution in [-0.4, -0.2) is 132 Å². The molecule has 4 aromatic rings. The number of thiol groups is 1. The van der Waals surface area contributed by atoms with Gasteiger partial charge in [0.15, 0.2) is 5.60 Å². The number of phosphoric ester groups is 1. The Labute approximate surface area is 462 Å². The Kier molecular flexibility index (Phi) is 17.7. The zero-order valence-electron chi connectivity index (χ0n) is 44.0. The van der Waals surface area contributed by atoms with Crippen LogP contribution in [0.25, 0.3) is 22.3 Å². The molecule has 0 bridgehead atoms. The fourth-order valence-corrected chi connectivity index (χ4v) is 11.6. The first-order valence-corrected chi connectivity index (χ1v) is 28.3. The summed E-state index contributed by atoms with van der Waals surface area (Å²) in [6, 6.07) is 9.37. The number of hydrogen-bond acceptors (Lipinski definition) is 17. The first-order valence-electron chi connectivity index (χ1n) is 25.2. The number of phosphoric acid groups is 1. The SMILES string of the molecule is CC[C@@]1(O)C(=O)OCc2c1cc1n(c2=O)Cc2c-1nc1cc(F)c(C)c3c1c2[C@@H](NC(=O)C(C)(C)OCNC(=O)CNC(=O)[C@H](Cc1ccccc1)NC(=O)CNC(=O)CNC(=O)[SH](CNCOP(=O)(O)O)N1C(=O)C=CC1=O)CC3. The number of amides is 8. The van der Waals surface area contributed by atoms with Crippen LogP contribution in [0.1, 0.15) is 78.6 Å². The summed E-state index contributed by atoms with van der Waals surface area (Å²) in [7, 11) is -4.90. The van der Waals surface area contributed by atoms with Crippen LogP contribution in [0.15, 0.2) is 59.4 Å². The second kappa shape index (κ2) is 24.1. The van der Waals surface area contributed by atoms with Gasteiger partial charge in [0.2, 0.25) is 23.6 Å². The third-order valence-corrected chi connectivity index (χ3v) is 16.5. The first-order chi connectivity index (χ1) is 38.3. The zero-order chi connectivity index (χ0) is 58.7. The van der Waals surface area contributed by atoms with Crippen molar-refractivity contribution in [2.45, 2.75) is 89.8 Å². The van der Waals surface area contributed by atoms with Crippen molar-refractivity contribution in [1.29, 1.82) is 0 Å². The van der Waals surface area contributed by atoms with Gasteiger partial charge < -0.3 is 60.8 Å². The van der Waals surface area contributed by atoms with Gasteiger partial charge in [0, 0.05) is 41.2 Å². The number of hydrogen-bond donors (Lipinski definition) is 11. The van der Waals surface area contributed by atoms with Crippen molar-refractivity contribution >= 4 is 82.4 Å². The molecular formula is C51H58FN10O17PS. The van der Waals surface area contributed by atoms with Gasteiger partial charge in [-0.1, -0.05) is 48.3 Å². The van der Waals surface area contributed by atoms with Crippen molar-refractivity contribution < 1.29 is 81.0 Å². The lowest BCUT2D eigenvalue weighted by Gasteiger charge is -2.32. The number of aryl methyl sites for hydroxylation is 1. The molecule has 3 aliphatic heterocycles. The number of carbonyl (C=O) groups is 9. The summed E-state index contributed by atoms with van der Waals surface area (Å²) in [6.07, 6.45) is 2.38. The second-order valence-corrected chi connectivity index (χ2v) is 22.8. The zero-order valence-corrected chi connectivity index (χ0v) is 45.8. The number of esters is 1. The Bertz CT molecular complexity index is 3410. The number of carbonyl (C=O) groups excluding carboxylic acids is 9.